The van der Waals surface area contributed by atoms with Gasteiger partial charge in [-0.2, -0.15) is 0 Å². The van der Waals surface area contributed by atoms with Crippen molar-refractivity contribution in [1.82, 2.24) is 4.57 Å². The Kier molecular flexibility index (Phi) is 12.7. The summed E-state index contributed by atoms with van der Waals surface area (Å²) in [4.78, 5) is 5.35. The Morgan fingerprint density at radius 1 is 0.268 bits per heavy atom. The molecule has 2 aliphatic heterocycles. The van der Waals surface area contributed by atoms with E-state index in [0.717, 1.165) is 5.69 Å². The predicted octanol–water partition coefficient (Wildman–Crippen LogP) is 20.0. The lowest BCUT2D eigenvalue weighted by molar-refractivity contribution is 0.568. The van der Waals surface area contributed by atoms with E-state index in [9.17, 15) is 0 Å². The van der Waals surface area contributed by atoms with Gasteiger partial charge in [-0.3, -0.25) is 0 Å². The second-order valence-corrected chi connectivity index (χ2v) is 30.1. The number of hydrogen-bond acceptors (Lipinski definition) is 2. The Balaban J connectivity index is 1.30. The van der Waals surface area contributed by atoms with Crippen molar-refractivity contribution < 1.29 is 0 Å². The van der Waals surface area contributed by atoms with Crippen molar-refractivity contribution in [3.63, 3.8) is 0 Å². The molecule has 414 valence electrons. The maximum absolute atomic E-state index is 2.67. The van der Waals surface area contributed by atoms with Gasteiger partial charge in [-0.05, 0) is 165 Å². The van der Waals surface area contributed by atoms with Crippen LogP contribution in [0.25, 0.3) is 49.7 Å². The van der Waals surface area contributed by atoms with Gasteiger partial charge in [-0.25, -0.2) is 0 Å². The largest absolute Gasteiger partial charge is 0.311 e. The van der Waals surface area contributed by atoms with Gasteiger partial charge < -0.3 is 14.4 Å². The van der Waals surface area contributed by atoms with E-state index < -0.39 is 0 Å². The molecule has 0 fully saturated rings. The Hall–Kier alpha value is -7.56. The number of nitrogens with zero attached hydrogens (tertiary/aromatic N) is 3. The molecule has 3 nitrogen and oxygen atoms in total. The molecule has 10 aromatic rings. The van der Waals surface area contributed by atoms with Gasteiger partial charge in [0, 0.05) is 44.9 Å². The van der Waals surface area contributed by atoms with Crippen LogP contribution in [0.4, 0.5) is 34.1 Å². The SMILES string of the molecule is CC(C)(C)c1cc(N2c3cc(-c4ccccc4)ccc3B3c4ccc(-c5ccccc5)cc4N(c4cc(C(C)(C)C)cc(C(C)(C)C)c4)c4cc(-n5c6cc(C(C)(C)C)ccc6c6ccc(C(C)(C)C)cc65)cc2c43)cc(C(C)(C)C)c1. The first-order valence-electron chi connectivity index (χ1n) is 30.0. The van der Waals surface area contributed by atoms with Crippen LogP contribution in [-0.2, 0) is 32.5 Å². The van der Waals surface area contributed by atoms with Crippen LogP contribution in [0.5, 0.6) is 0 Å². The van der Waals surface area contributed by atoms with Gasteiger partial charge >= 0.3 is 0 Å². The van der Waals surface area contributed by atoms with Crippen LogP contribution >= 0.6 is 0 Å². The summed E-state index contributed by atoms with van der Waals surface area (Å²) in [6.45, 7) is 42.4. The molecule has 0 spiro atoms. The molecule has 3 heterocycles. The molecule has 2 aliphatic rings. The topological polar surface area (TPSA) is 11.4 Å². The first-order valence-corrected chi connectivity index (χ1v) is 30.0. The third kappa shape index (κ3) is 9.58. The van der Waals surface area contributed by atoms with Crippen LogP contribution in [0, 0.1) is 0 Å². The van der Waals surface area contributed by atoms with Crippen LogP contribution in [0.15, 0.2) is 182 Å². The quantitative estimate of drug-likeness (QED) is 0.159. The monoisotopic (exact) mass is 1070 g/mol. The maximum atomic E-state index is 2.67. The standard InChI is InChI=1S/C78H84BN3/c1-73(2,3)53-31-33-62-63-34-32-54(74(4,5)6)46-67(63)80(66(62)45-53)61-47-70-72-71(48-61)82(60-43-57(77(13,14)15)40-58(44-60)78(16,17)18)69-38-52(50-27-23-20-24-28-50)30-36-65(69)79(72)64-35-29-51(49-25-21-19-22-26-49)37-68(64)81(70)59-41-55(75(7,8)9)39-56(42-59)76(10,11)12/h19-48H,1-18H3. The molecule has 4 heteroatoms. The summed E-state index contributed by atoms with van der Waals surface area (Å²) in [5.41, 5.74) is 26.8. The van der Waals surface area contributed by atoms with Crippen molar-refractivity contribution in [3.8, 4) is 27.9 Å². The molecule has 0 saturated heterocycles. The normalized spacial score (nSPS) is 13.9. The van der Waals surface area contributed by atoms with Crippen LogP contribution in [0.2, 0.25) is 0 Å². The van der Waals surface area contributed by atoms with Gasteiger partial charge in [-0.15, -0.1) is 0 Å². The average molecular weight is 1070 g/mol. The zero-order chi connectivity index (χ0) is 58.4. The van der Waals surface area contributed by atoms with Gasteiger partial charge in [0.2, 0.25) is 0 Å². The summed E-state index contributed by atoms with van der Waals surface area (Å²) in [7, 11) is 0. The number of rotatable bonds is 5. The molecule has 0 radical (unpaired) electrons. The molecule has 0 N–H and O–H groups in total. The lowest BCUT2D eigenvalue weighted by Crippen LogP contribution is -2.61. The fourth-order valence-electron chi connectivity index (χ4n) is 12.7. The van der Waals surface area contributed by atoms with Gasteiger partial charge in [0.05, 0.1) is 16.7 Å². The Morgan fingerprint density at radius 3 is 0.939 bits per heavy atom. The summed E-state index contributed by atoms with van der Waals surface area (Å²) in [5.74, 6) is 0. The highest BCUT2D eigenvalue weighted by Gasteiger charge is 2.45. The third-order valence-corrected chi connectivity index (χ3v) is 17.8. The van der Waals surface area contributed by atoms with Crippen molar-refractivity contribution in [3.05, 3.63) is 215 Å². The fourth-order valence-corrected chi connectivity index (χ4v) is 12.7. The number of aromatic nitrogens is 1. The summed E-state index contributed by atoms with van der Waals surface area (Å²) in [5, 5.41) is 2.52. The van der Waals surface area contributed by atoms with Gasteiger partial charge in [0.15, 0.2) is 0 Å². The summed E-state index contributed by atoms with van der Waals surface area (Å²) in [6, 6.07) is 71.2. The van der Waals surface area contributed by atoms with E-state index in [0.29, 0.717) is 0 Å². The highest BCUT2D eigenvalue weighted by Crippen LogP contribution is 2.50. The minimum absolute atomic E-state index is 0.0687. The first-order chi connectivity index (χ1) is 38.4. The van der Waals surface area contributed by atoms with E-state index in [-0.39, 0.29) is 39.2 Å². The summed E-state index contributed by atoms with van der Waals surface area (Å²) >= 11 is 0. The zero-order valence-electron chi connectivity index (χ0n) is 52.2. The fraction of sp³-hybridized carbons (Fsp3) is 0.308. The number of anilines is 6. The number of fused-ring (bicyclic) bond motifs is 7. The van der Waals surface area contributed by atoms with Crippen LogP contribution in [0.1, 0.15) is 158 Å². The Bertz CT molecular complexity index is 3820. The molecule has 0 atom stereocenters. The summed E-state index contributed by atoms with van der Waals surface area (Å²) in [6.07, 6.45) is 0. The molecule has 9 aromatic carbocycles. The van der Waals surface area contributed by atoms with Crippen LogP contribution < -0.4 is 26.2 Å². The van der Waals surface area contributed by atoms with E-state index in [4.69, 9.17) is 0 Å². The van der Waals surface area contributed by atoms with Crippen molar-refractivity contribution in [2.45, 2.75) is 157 Å². The minimum atomic E-state index is -0.113. The minimum Gasteiger partial charge on any atom is -0.311 e. The lowest BCUT2D eigenvalue weighted by atomic mass is 9.33. The number of benzene rings is 9. The van der Waals surface area contributed by atoms with E-state index in [1.807, 2.05) is 0 Å². The molecule has 1 aromatic heterocycles. The second-order valence-electron chi connectivity index (χ2n) is 30.1. The third-order valence-electron chi connectivity index (χ3n) is 17.8. The van der Waals surface area contributed by atoms with Gasteiger partial charge in [0.1, 0.15) is 0 Å². The molecule has 0 amide bonds. The highest BCUT2D eigenvalue weighted by molar-refractivity contribution is 7.00. The van der Waals surface area contributed by atoms with Crippen molar-refractivity contribution in [1.29, 1.82) is 0 Å². The average Bonchev–Trinajstić information content (AvgIpc) is 0.922. The van der Waals surface area contributed by atoms with E-state index >= 15 is 0 Å². The van der Waals surface area contributed by atoms with Gasteiger partial charge in [0.25, 0.3) is 6.71 Å². The molecule has 0 bridgehead atoms. The Labute approximate surface area is 491 Å². The van der Waals surface area contributed by atoms with E-state index in [1.165, 1.54) is 128 Å². The van der Waals surface area contributed by atoms with E-state index in [2.05, 4.69) is 321 Å². The predicted molar refractivity (Wildman–Crippen MR) is 358 cm³/mol. The van der Waals surface area contributed by atoms with Crippen molar-refractivity contribution in [2.75, 3.05) is 9.80 Å². The van der Waals surface area contributed by atoms with E-state index in [1.54, 1.807) is 0 Å². The van der Waals surface area contributed by atoms with Gasteiger partial charge in [-0.1, -0.05) is 246 Å². The van der Waals surface area contributed by atoms with Crippen LogP contribution in [0.3, 0.4) is 0 Å². The first kappa shape index (κ1) is 55.0. The highest BCUT2D eigenvalue weighted by atomic mass is 15.2. The van der Waals surface area contributed by atoms with Crippen LogP contribution in [-0.4, -0.2) is 11.3 Å². The molecule has 0 aliphatic carbocycles. The van der Waals surface area contributed by atoms with Crippen molar-refractivity contribution >= 4 is 79.0 Å². The maximum Gasteiger partial charge on any atom is 0.252 e. The number of hydrogen-bond donors (Lipinski definition) is 0. The Morgan fingerprint density at radius 2 is 0.610 bits per heavy atom. The molecular weight excluding hydrogens is 990 g/mol. The molecule has 82 heavy (non-hydrogen) atoms. The molecule has 0 unspecified atom stereocenters. The summed E-state index contributed by atoms with van der Waals surface area (Å²) < 4.78 is 2.63. The lowest BCUT2D eigenvalue weighted by Gasteiger charge is -2.45. The zero-order valence-corrected chi connectivity index (χ0v) is 52.2. The second kappa shape index (κ2) is 19.0. The smallest absolute Gasteiger partial charge is 0.252 e. The molecular formula is C78H84BN3. The molecule has 0 saturated carbocycles. The molecule has 12 rings (SSSR count). The van der Waals surface area contributed by atoms with Crippen molar-refractivity contribution in [2.24, 2.45) is 0 Å².